The van der Waals surface area contributed by atoms with Crippen LogP contribution in [0.4, 0.5) is 0 Å². The minimum atomic E-state index is -0.729. The summed E-state index contributed by atoms with van der Waals surface area (Å²) in [6, 6.07) is 0. The Balaban J connectivity index is 1.56. The van der Waals surface area contributed by atoms with Gasteiger partial charge in [0.2, 0.25) is 0 Å². The molecule has 2 fully saturated rings. The SMILES string of the molecule is CC(C)CN1CCC(O)(c2csc(CN3CCOCC3)n2)CC1. The van der Waals surface area contributed by atoms with Gasteiger partial charge in [-0.3, -0.25) is 4.90 Å². The molecule has 0 aliphatic carbocycles. The largest absolute Gasteiger partial charge is 0.383 e. The number of hydrogen-bond acceptors (Lipinski definition) is 6. The number of thiazole rings is 1. The highest BCUT2D eigenvalue weighted by Crippen LogP contribution is 2.33. The summed E-state index contributed by atoms with van der Waals surface area (Å²) in [7, 11) is 0. The number of nitrogens with zero attached hydrogens (tertiary/aromatic N) is 3. The summed E-state index contributed by atoms with van der Waals surface area (Å²) >= 11 is 1.68. The zero-order valence-electron chi connectivity index (χ0n) is 14.3. The van der Waals surface area contributed by atoms with E-state index in [1.807, 2.05) is 0 Å². The van der Waals surface area contributed by atoms with Crippen LogP contribution < -0.4 is 0 Å². The van der Waals surface area contributed by atoms with E-state index in [1.54, 1.807) is 11.3 Å². The molecule has 0 radical (unpaired) electrons. The molecule has 0 aromatic carbocycles. The second-order valence-corrected chi connectivity index (χ2v) is 8.18. The molecule has 3 rings (SSSR count). The zero-order chi connectivity index (χ0) is 16.3. The van der Waals surface area contributed by atoms with Crippen molar-refractivity contribution in [1.82, 2.24) is 14.8 Å². The maximum atomic E-state index is 11.0. The monoisotopic (exact) mass is 339 g/mol. The molecule has 2 aliphatic rings. The van der Waals surface area contributed by atoms with Crippen LogP contribution in [0.1, 0.15) is 37.4 Å². The third kappa shape index (κ3) is 4.51. The van der Waals surface area contributed by atoms with Gasteiger partial charge >= 0.3 is 0 Å². The van der Waals surface area contributed by atoms with E-state index in [4.69, 9.17) is 9.72 Å². The van der Waals surface area contributed by atoms with Gasteiger partial charge in [-0.1, -0.05) is 13.8 Å². The van der Waals surface area contributed by atoms with E-state index in [1.165, 1.54) is 0 Å². The number of morpholine rings is 1. The lowest BCUT2D eigenvalue weighted by molar-refractivity contribution is -0.0310. The fourth-order valence-corrected chi connectivity index (χ4v) is 4.35. The molecule has 2 saturated heterocycles. The second kappa shape index (κ2) is 7.57. The fourth-order valence-electron chi connectivity index (χ4n) is 3.43. The third-order valence-corrected chi connectivity index (χ3v) is 5.63. The van der Waals surface area contributed by atoms with Gasteiger partial charge in [-0.15, -0.1) is 11.3 Å². The molecule has 23 heavy (non-hydrogen) atoms. The van der Waals surface area contributed by atoms with Crippen LogP contribution in [0.2, 0.25) is 0 Å². The van der Waals surface area contributed by atoms with Crippen molar-refractivity contribution in [2.45, 2.75) is 38.8 Å². The van der Waals surface area contributed by atoms with Crippen LogP contribution in [0.15, 0.2) is 5.38 Å². The van der Waals surface area contributed by atoms with Gasteiger partial charge in [0, 0.05) is 38.1 Å². The van der Waals surface area contributed by atoms with Crippen LogP contribution in [0.25, 0.3) is 0 Å². The van der Waals surface area contributed by atoms with E-state index >= 15 is 0 Å². The molecular weight excluding hydrogens is 310 g/mol. The van der Waals surface area contributed by atoms with Crippen molar-refractivity contribution < 1.29 is 9.84 Å². The van der Waals surface area contributed by atoms with Gasteiger partial charge in [0.05, 0.1) is 25.5 Å². The molecule has 0 atom stereocenters. The summed E-state index contributed by atoms with van der Waals surface area (Å²) < 4.78 is 5.39. The lowest BCUT2D eigenvalue weighted by Gasteiger charge is -2.38. The van der Waals surface area contributed by atoms with Crippen LogP contribution >= 0.6 is 11.3 Å². The van der Waals surface area contributed by atoms with Gasteiger partial charge in [0.25, 0.3) is 0 Å². The van der Waals surface area contributed by atoms with Gasteiger partial charge in [0.15, 0.2) is 0 Å². The number of rotatable bonds is 5. The Hall–Kier alpha value is -0.530. The lowest BCUT2D eigenvalue weighted by Crippen LogP contribution is -2.44. The highest BCUT2D eigenvalue weighted by molar-refractivity contribution is 7.09. The van der Waals surface area contributed by atoms with Crippen LogP contribution in [0, 0.1) is 5.92 Å². The van der Waals surface area contributed by atoms with Crippen molar-refractivity contribution in [3.05, 3.63) is 16.1 Å². The number of ether oxygens (including phenoxy) is 1. The molecule has 2 aliphatic heterocycles. The van der Waals surface area contributed by atoms with E-state index < -0.39 is 5.60 Å². The minimum Gasteiger partial charge on any atom is -0.383 e. The average Bonchev–Trinajstić information content (AvgIpc) is 3.00. The average molecular weight is 340 g/mol. The van der Waals surface area contributed by atoms with E-state index in [0.717, 1.165) is 76.0 Å². The first-order valence-electron chi connectivity index (χ1n) is 8.75. The minimum absolute atomic E-state index is 0.681. The maximum absolute atomic E-state index is 11.0. The van der Waals surface area contributed by atoms with Crippen molar-refractivity contribution in [1.29, 1.82) is 0 Å². The molecule has 0 spiro atoms. The first-order valence-corrected chi connectivity index (χ1v) is 9.63. The summed E-state index contributed by atoms with van der Waals surface area (Å²) in [4.78, 5) is 9.59. The van der Waals surface area contributed by atoms with Gasteiger partial charge in [-0.05, 0) is 18.8 Å². The third-order valence-electron chi connectivity index (χ3n) is 4.80. The summed E-state index contributed by atoms with van der Waals surface area (Å²) in [5.41, 5.74) is 0.155. The van der Waals surface area contributed by atoms with Crippen molar-refractivity contribution in [2.75, 3.05) is 45.9 Å². The van der Waals surface area contributed by atoms with Crippen molar-refractivity contribution in [3.8, 4) is 0 Å². The quantitative estimate of drug-likeness (QED) is 0.888. The Labute approximate surface area is 143 Å². The zero-order valence-corrected chi connectivity index (χ0v) is 15.1. The molecule has 1 aromatic heterocycles. The second-order valence-electron chi connectivity index (χ2n) is 7.24. The number of hydrogen-bond donors (Lipinski definition) is 1. The molecule has 130 valence electrons. The molecular formula is C17H29N3O2S. The number of aromatic nitrogens is 1. The van der Waals surface area contributed by atoms with Crippen LogP contribution in [-0.4, -0.2) is 65.8 Å². The van der Waals surface area contributed by atoms with Crippen molar-refractivity contribution in [2.24, 2.45) is 5.92 Å². The molecule has 6 heteroatoms. The molecule has 0 amide bonds. The molecule has 1 N–H and O–H groups in total. The van der Waals surface area contributed by atoms with E-state index in [0.29, 0.717) is 5.92 Å². The lowest BCUT2D eigenvalue weighted by atomic mass is 9.88. The molecule has 1 aromatic rings. The fraction of sp³-hybridized carbons (Fsp3) is 0.824. The van der Waals surface area contributed by atoms with E-state index in [9.17, 15) is 5.11 Å². The first kappa shape index (κ1) is 17.3. The van der Waals surface area contributed by atoms with Crippen LogP contribution in [0.5, 0.6) is 0 Å². The van der Waals surface area contributed by atoms with Crippen molar-refractivity contribution in [3.63, 3.8) is 0 Å². The summed E-state index contributed by atoms with van der Waals surface area (Å²) in [6.07, 6.45) is 1.58. The molecule has 5 nitrogen and oxygen atoms in total. The van der Waals surface area contributed by atoms with E-state index in [2.05, 4.69) is 29.0 Å². The Bertz CT molecular complexity index is 492. The summed E-state index contributed by atoms with van der Waals surface area (Å²) in [6.45, 7) is 12.0. The Morgan fingerprint density at radius 3 is 2.57 bits per heavy atom. The molecule has 0 bridgehead atoms. The Morgan fingerprint density at radius 1 is 1.22 bits per heavy atom. The normalized spacial score (nSPS) is 23.5. The Kier molecular flexibility index (Phi) is 5.69. The van der Waals surface area contributed by atoms with Gasteiger partial charge in [-0.25, -0.2) is 4.98 Å². The predicted octanol–water partition coefficient (Wildman–Crippen LogP) is 1.91. The van der Waals surface area contributed by atoms with Gasteiger partial charge in [-0.2, -0.15) is 0 Å². The van der Waals surface area contributed by atoms with Gasteiger partial charge in [0.1, 0.15) is 10.6 Å². The van der Waals surface area contributed by atoms with Crippen molar-refractivity contribution >= 4 is 11.3 Å². The molecule has 0 saturated carbocycles. The standard InChI is InChI=1S/C17H29N3O2S/c1-14(2)11-19-5-3-17(21,4-6-19)15-13-23-16(18-15)12-20-7-9-22-10-8-20/h13-14,21H,3-12H2,1-2H3. The number of aliphatic hydroxyl groups is 1. The smallest absolute Gasteiger partial charge is 0.110 e. The first-order chi connectivity index (χ1) is 11.0. The van der Waals surface area contributed by atoms with Crippen LogP contribution in [-0.2, 0) is 16.9 Å². The van der Waals surface area contributed by atoms with Gasteiger partial charge < -0.3 is 14.7 Å². The predicted molar refractivity (Wildman–Crippen MR) is 92.6 cm³/mol. The number of piperidine rings is 1. The highest BCUT2D eigenvalue weighted by atomic mass is 32.1. The number of likely N-dealkylation sites (tertiary alicyclic amines) is 1. The summed E-state index contributed by atoms with van der Waals surface area (Å²) in [5.74, 6) is 0.681. The Morgan fingerprint density at radius 2 is 1.91 bits per heavy atom. The summed E-state index contributed by atoms with van der Waals surface area (Å²) in [5, 5.41) is 14.2. The highest BCUT2D eigenvalue weighted by Gasteiger charge is 2.36. The maximum Gasteiger partial charge on any atom is 0.110 e. The van der Waals surface area contributed by atoms with E-state index in [-0.39, 0.29) is 0 Å². The molecule has 0 unspecified atom stereocenters. The molecule has 3 heterocycles. The van der Waals surface area contributed by atoms with Crippen LogP contribution in [0.3, 0.4) is 0 Å². The topological polar surface area (TPSA) is 48.8 Å².